The van der Waals surface area contributed by atoms with Crippen LogP contribution in [-0.4, -0.2) is 19.4 Å². The van der Waals surface area contributed by atoms with Crippen LogP contribution < -0.4 is 0 Å². The standard InChI is InChI=1S/C32H49BrO3/c1-27(2)13-15-32(26(35)36-8)16-14-31(7)25(21(32)18-27)22(33)17-24-29(5)11-9-20(19-34)28(3,4)23(29)10-12-30(24,31)6/h19-21,23-24H,9-18H2,1-8H3/t20-,21?,23?,24?,29+,30-,31-,32+/m1/s1. The van der Waals surface area contributed by atoms with Crippen molar-refractivity contribution in [3.05, 3.63) is 10.1 Å². The van der Waals surface area contributed by atoms with Crippen molar-refractivity contribution in [3.8, 4) is 0 Å². The van der Waals surface area contributed by atoms with E-state index < -0.39 is 0 Å². The molecule has 8 atom stereocenters. The van der Waals surface area contributed by atoms with Crippen LogP contribution in [0.1, 0.15) is 113 Å². The number of halogens is 1. The summed E-state index contributed by atoms with van der Waals surface area (Å²) in [5.74, 6) is 1.61. The SMILES string of the molecule is COC(=O)[C@]12CCC(C)(C)CC1C1=C(Br)CC3[C@@]4(C)CC[C@H](C=O)C(C)(C)C4CC[C@@]3(C)[C@]1(C)CC2. The van der Waals surface area contributed by atoms with Crippen LogP contribution in [0.3, 0.4) is 0 Å². The quantitative estimate of drug-likeness (QED) is 0.251. The lowest BCUT2D eigenvalue weighted by Gasteiger charge is -2.71. The summed E-state index contributed by atoms with van der Waals surface area (Å²) in [7, 11) is 1.59. The van der Waals surface area contributed by atoms with Crippen molar-refractivity contribution in [2.75, 3.05) is 7.11 Å². The van der Waals surface area contributed by atoms with Crippen LogP contribution in [-0.2, 0) is 14.3 Å². The van der Waals surface area contributed by atoms with Gasteiger partial charge in [0.15, 0.2) is 0 Å². The maximum absolute atomic E-state index is 13.5. The monoisotopic (exact) mass is 560 g/mol. The molecule has 3 unspecified atom stereocenters. The van der Waals surface area contributed by atoms with E-state index in [0.717, 1.165) is 51.4 Å². The van der Waals surface area contributed by atoms with Gasteiger partial charge in [0.25, 0.3) is 0 Å². The number of ether oxygens (including phenoxy) is 1. The van der Waals surface area contributed by atoms with Gasteiger partial charge in [-0.15, -0.1) is 0 Å². The van der Waals surface area contributed by atoms with Crippen molar-refractivity contribution in [2.45, 2.75) is 113 Å². The second-order valence-electron chi connectivity index (χ2n) is 15.6. The first-order valence-electron chi connectivity index (χ1n) is 14.6. The Morgan fingerprint density at radius 2 is 1.58 bits per heavy atom. The molecule has 0 saturated heterocycles. The van der Waals surface area contributed by atoms with E-state index in [1.54, 1.807) is 12.7 Å². The Morgan fingerprint density at radius 3 is 2.22 bits per heavy atom. The van der Waals surface area contributed by atoms with Crippen LogP contribution in [0.5, 0.6) is 0 Å². The zero-order valence-corrected chi connectivity index (χ0v) is 25.6. The molecule has 4 heteroatoms. The van der Waals surface area contributed by atoms with Gasteiger partial charge in [-0.2, -0.15) is 0 Å². The van der Waals surface area contributed by atoms with Gasteiger partial charge in [0, 0.05) is 5.92 Å². The minimum absolute atomic E-state index is 0.0229. The van der Waals surface area contributed by atoms with Crippen molar-refractivity contribution in [1.29, 1.82) is 0 Å². The summed E-state index contributed by atoms with van der Waals surface area (Å²) in [6.45, 7) is 17.3. The number of methoxy groups -OCH3 is 1. The molecule has 202 valence electrons. The minimum atomic E-state index is -0.369. The molecule has 5 rings (SSSR count). The fraction of sp³-hybridized carbons (Fsp3) is 0.875. The number of aldehydes is 1. The van der Waals surface area contributed by atoms with E-state index in [0.29, 0.717) is 11.8 Å². The van der Waals surface area contributed by atoms with Gasteiger partial charge in [-0.05, 0) is 119 Å². The Kier molecular flexibility index (Phi) is 6.13. The number of hydrogen-bond acceptors (Lipinski definition) is 3. The van der Waals surface area contributed by atoms with Crippen molar-refractivity contribution in [3.63, 3.8) is 0 Å². The third-order valence-corrected chi connectivity index (χ3v) is 14.3. The smallest absolute Gasteiger partial charge is 0.312 e. The number of hydrogen-bond donors (Lipinski definition) is 0. The van der Waals surface area contributed by atoms with E-state index >= 15 is 0 Å². The summed E-state index contributed by atoms with van der Waals surface area (Å²) in [4.78, 5) is 25.5. The molecule has 0 aromatic rings. The molecule has 0 N–H and O–H groups in total. The number of carbonyl (C=O) groups is 2. The maximum atomic E-state index is 13.5. The van der Waals surface area contributed by atoms with E-state index in [1.807, 2.05) is 0 Å². The van der Waals surface area contributed by atoms with Crippen molar-refractivity contribution in [1.82, 2.24) is 0 Å². The van der Waals surface area contributed by atoms with Crippen LogP contribution in [0.2, 0.25) is 0 Å². The maximum Gasteiger partial charge on any atom is 0.312 e. The fourth-order valence-electron chi connectivity index (χ4n) is 11.1. The summed E-state index contributed by atoms with van der Waals surface area (Å²) in [5.41, 5.74) is 1.97. The Balaban J connectivity index is 1.64. The van der Waals surface area contributed by atoms with Crippen LogP contribution in [0.4, 0.5) is 0 Å². The van der Waals surface area contributed by atoms with Gasteiger partial charge < -0.3 is 9.53 Å². The molecular weight excluding hydrogens is 512 g/mol. The molecule has 3 nitrogen and oxygen atoms in total. The molecule has 0 aromatic heterocycles. The van der Waals surface area contributed by atoms with Gasteiger partial charge in [-0.25, -0.2) is 0 Å². The second-order valence-corrected chi connectivity index (χ2v) is 16.6. The Labute approximate surface area is 228 Å². The number of allylic oxidation sites excluding steroid dienone is 2. The van der Waals surface area contributed by atoms with E-state index in [1.165, 1.54) is 23.6 Å². The van der Waals surface area contributed by atoms with E-state index in [4.69, 9.17) is 4.74 Å². The van der Waals surface area contributed by atoms with E-state index in [2.05, 4.69) is 64.4 Å². The second kappa shape index (κ2) is 8.18. The van der Waals surface area contributed by atoms with Crippen molar-refractivity contribution >= 4 is 28.2 Å². The largest absolute Gasteiger partial charge is 0.469 e. The highest BCUT2D eigenvalue weighted by molar-refractivity contribution is 9.11. The average Bonchev–Trinajstić information content (AvgIpc) is 2.79. The first-order chi connectivity index (χ1) is 16.6. The normalized spacial score (nSPS) is 49.1. The molecule has 0 amide bonds. The van der Waals surface area contributed by atoms with Crippen LogP contribution in [0.15, 0.2) is 10.1 Å². The lowest BCUT2D eigenvalue weighted by atomic mass is 9.33. The van der Waals surface area contributed by atoms with Crippen molar-refractivity contribution in [2.24, 2.45) is 56.2 Å². The summed E-state index contributed by atoms with van der Waals surface area (Å²) in [5, 5.41) is 0. The predicted octanol–water partition coefficient (Wildman–Crippen LogP) is 8.50. The zero-order chi connectivity index (χ0) is 26.5. The lowest BCUT2D eigenvalue weighted by molar-refractivity contribution is -0.196. The summed E-state index contributed by atoms with van der Waals surface area (Å²) >= 11 is 4.21. The molecular formula is C32H49BrO3. The first kappa shape index (κ1) is 26.9. The third kappa shape index (κ3) is 3.27. The molecule has 0 aliphatic heterocycles. The van der Waals surface area contributed by atoms with Crippen LogP contribution >= 0.6 is 15.9 Å². The topological polar surface area (TPSA) is 43.4 Å². The number of esters is 1. The summed E-state index contributed by atoms with van der Waals surface area (Å²) in [6, 6.07) is 0. The van der Waals surface area contributed by atoms with Gasteiger partial charge in [-0.3, -0.25) is 4.79 Å². The third-order valence-electron chi connectivity index (χ3n) is 13.5. The summed E-state index contributed by atoms with van der Waals surface area (Å²) < 4.78 is 6.91. The zero-order valence-electron chi connectivity index (χ0n) is 24.1. The van der Waals surface area contributed by atoms with Gasteiger partial charge in [0.05, 0.1) is 12.5 Å². The van der Waals surface area contributed by atoms with Gasteiger partial charge in [0.1, 0.15) is 6.29 Å². The molecule has 4 fully saturated rings. The minimum Gasteiger partial charge on any atom is -0.469 e. The van der Waals surface area contributed by atoms with Crippen LogP contribution in [0.25, 0.3) is 0 Å². The molecule has 0 heterocycles. The molecule has 0 bridgehead atoms. The van der Waals surface area contributed by atoms with E-state index in [-0.39, 0.29) is 50.3 Å². The Bertz CT molecular complexity index is 995. The molecule has 0 aromatic carbocycles. The molecule has 36 heavy (non-hydrogen) atoms. The van der Waals surface area contributed by atoms with Gasteiger partial charge >= 0.3 is 5.97 Å². The Morgan fingerprint density at radius 1 is 0.917 bits per heavy atom. The molecule has 5 aliphatic carbocycles. The fourth-order valence-corrected chi connectivity index (χ4v) is 12.2. The number of carbonyl (C=O) groups excluding carboxylic acids is 2. The highest BCUT2D eigenvalue weighted by Crippen LogP contribution is 2.77. The molecule has 5 aliphatic rings. The van der Waals surface area contributed by atoms with Gasteiger partial charge in [0.2, 0.25) is 0 Å². The van der Waals surface area contributed by atoms with Crippen molar-refractivity contribution < 1.29 is 14.3 Å². The number of fused-ring (bicyclic) bond motifs is 7. The van der Waals surface area contributed by atoms with Crippen LogP contribution in [0, 0.1) is 56.2 Å². The van der Waals surface area contributed by atoms with E-state index in [9.17, 15) is 9.59 Å². The van der Waals surface area contributed by atoms with Gasteiger partial charge in [-0.1, -0.05) is 64.4 Å². The lowest BCUT2D eigenvalue weighted by Crippen LogP contribution is -2.65. The highest BCUT2D eigenvalue weighted by atomic mass is 79.9. The number of rotatable bonds is 2. The molecule has 4 saturated carbocycles. The first-order valence-corrected chi connectivity index (χ1v) is 15.3. The molecule has 0 spiro atoms. The highest BCUT2D eigenvalue weighted by Gasteiger charge is 2.70. The molecule has 0 radical (unpaired) electrons. The Hall–Kier alpha value is -0.640. The summed E-state index contributed by atoms with van der Waals surface area (Å²) in [6.07, 6.45) is 12.0. The average molecular weight is 562 g/mol. The predicted molar refractivity (Wildman–Crippen MR) is 148 cm³/mol.